The van der Waals surface area contributed by atoms with Gasteiger partial charge in [0.05, 0.1) is 0 Å². The van der Waals surface area contributed by atoms with E-state index >= 15 is 0 Å². The zero-order valence-electron chi connectivity index (χ0n) is 16.7. The first-order valence-corrected chi connectivity index (χ1v) is 11.4. The van der Waals surface area contributed by atoms with E-state index in [9.17, 15) is 0 Å². The highest BCUT2D eigenvalue weighted by Crippen LogP contribution is 2.16. The second-order valence-electron chi connectivity index (χ2n) is 6.72. The number of rotatable bonds is 15. The third kappa shape index (κ3) is 11.2. The van der Waals surface area contributed by atoms with Crippen molar-refractivity contribution in [2.45, 2.75) is 39.7 Å². The lowest BCUT2D eigenvalue weighted by Crippen LogP contribution is -2.53. The van der Waals surface area contributed by atoms with E-state index in [0.717, 1.165) is 51.6 Å². The van der Waals surface area contributed by atoms with Crippen LogP contribution in [0.15, 0.2) is 0 Å². The summed E-state index contributed by atoms with van der Waals surface area (Å²) in [5.74, 6) is 0. The van der Waals surface area contributed by atoms with Crippen LogP contribution >= 0.6 is 0 Å². The summed E-state index contributed by atoms with van der Waals surface area (Å²) in [6, 6.07) is 1.02. The minimum atomic E-state index is -2.09. The summed E-state index contributed by atoms with van der Waals surface area (Å²) in [7, 11) is 6.47. The fourth-order valence-corrected chi connectivity index (χ4v) is 5.75. The highest BCUT2D eigenvalue weighted by Gasteiger charge is 2.37. The molecule has 0 heterocycles. The van der Waals surface area contributed by atoms with Gasteiger partial charge in [-0.05, 0) is 87.1 Å². The van der Waals surface area contributed by atoms with Gasteiger partial charge in [0.25, 0.3) is 0 Å². The molecule has 0 fully saturated rings. The third-order valence-electron chi connectivity index (χ3n) is 3.98. The molecule has 0 spiro atoms. The molecule has 0 bridgehead atoms. The first kappa shape index (κ1) is 23.0. The van der Waals surface area contributed by atoms with Crippen molar-refractivity contribution in [1.29, 1.82) is 0 Å². The van der Waals surface area contributed by atoms with Crippen molar-refractivity contribution in [3.63, 3.8) is 0 Å². The Balaban J connectivity index is 4.69. The first-order chi connectivity index (χ1) is 10.9. The van der Waals surface area contributed by atoms with Gasteiger partial charge in [-0.3, -0.25) is 0 Å². The maximum absolute atomic E-state index is 6.16. The smallest absolute Gasteiger partial charge is 0.352 e. The van der Waals surface area contributed by atoms with Crippen LogP contribution in [0.4, 0.5) is 0 Å². The van der Waals surface area contributed by atoms with Gasteiger partial charge >= 0.3 is 8.56 Å². The summed E-state index contributed by atoms with van der Waals surface area (Å²) in [5.41, 5.74) is 0. The van der Waals surface area contributed by atoms with Crippen LogP contribution in [0, 0.1) is 0 Å². The Labute approximate surface area is 146 Å². The molecule has 0 atom stereocenters. The lowest BCUT2D eigenvalue weighted by Gasteiger charge is -2.35. The molecule has 0 saturated carbocycles. The second-order valence-corrected chi connectivity index (χ2v) is 10.1. The molecular formula is C17H41N3O2Si. The summed E-state index contributed by atoms with van der Waals surface area (Å²) in [6.07, 6.45) is 3.38. The van der Waals surface area contributed by atoms with Crippen LogP contribution < -0.4 is 0 Å². The fraction of sp³-hybridized carbons (Fsp3) is 1.00. The van der Waals surface area contributed by atoms with Gasteiger partial charge in [0, 0.05) is 19.4 Å². The molecule has 0 aliphatic rings. The molecular weight excluding hydrogens is 306 g/mol. The average molecular weight is 348 g/mol. The van der Waals surface area contributed by atoms with Crippen LogP contribution in [0.25, 0.3) is 0 Å². The van der Waals surface area contributed by atoms with E-state index in [0.29, 0.717) is 0 Å². The molecule has 23 heavy (non-hydrogen) atoms. The molecule has 0 aliphatic carbocycles. The Hall–Kier alpha value is 0.0169. The zero-order chi connectivity index (χ0) is 17.7. The van der Waals surface area contributed by atoms with Crippen molar-refractivity contribution in [1.82, 2.24) is 14.7 Å². The van der Waals surface area contributed by atoms with Gasteiger partial charge in [-0.1, -0.05) is 6.92 Å². The van der Waals surface area contributed by atoms with E-state index in [1.165, 1.54) is 12.8 Å². The molecule has 0 saturated heterocycles. The molecule has 5 nitrogen and oxygen atoms in total. The summed E-state index contributed by atoms with van der Waals surface area (Å²) in [6.45, 7) is 12.4. The van der Waals surface area contributed by atoms with E-state index in [1.54, 1.807) is 0 Å². The number of hydrogen-bond acceptors (Lipinski definition) is 5. The molecule has 0 aromatic heterocycles. The van der Waals surface area contributed by atoms with Gasteiger partial charge < -0.3 is 23.6 Å². The van der Waals surface area contributed by atoms with E-state index in [2.05, 4.69) is 63.7 Å². The Bertz CT molecular complexity index is 259. The molecule has 6 heteroatoms. The highest BCUT2D eigenvalue weighted by atomic mass is 28.4. The number of nitrogens with zero attached hydrogens (tertiary/aromatic N) is 3. The maximum atomic E-state index is 6.16. The fourth-order valence-electron chi connectivity index (χ4n) is 2.81. The lowest BCUT2D eigenvalue weighted by atomic mass is 10.3. The molecule has 0 aliphatic heterocycles. The summed E-state index contributed by atoms with van der Waals surface area (Å²) >= 11 is 0. The van der Waals surface area contributed by atoms with Crippen LogP contribution in [-0.2, 0) is 8.85 Å². The monoisotopic (exact) mass is 347 g/mol. The number of hydrogen-bond donors (Lipinski definition) is 0. The van der Waals surface area contributed by atoms with E-state index < -0.39 is 8.56 Å². The minimum absolute atomic E-state index is 0.753. The third-order valence-corrected chi connectivity index (χ3v) is 7.61. The highest BCUT2D eigenvalue weighted by molar-refractivity contribution is 6.67. The van der Waals surface area contributed by atoms with Gasteiger partial charge in [0.15, 0.2) is 0 Å². The van der Waals surface area contributed by atoms with Gasteiger partial charge in [-0.25, -0.2) is 0 Å². The minimum Gasteiger partial charge on any atom is -0.394 e. The molecule has 0 aromatic carbocycles. The predicted octanol–water partition coefficient (Wildman–Crippen LogP) is 2.27. The van der Waals surface area contributed by atoms with Crippen molar-refractivity contribution in [2.75, 3.05) is 73.8 Å². The van der Waals surface area contributed by atoms with Crippen LogP contribution in [0.5, 0.6) is 0 Å². The molecule has 0 N–H and O–H groups in total. The van der Waals surface area contributed by atoms with Crippen molar-refractivity contribution in [3.05, 3.63) is 0 Å². The second kappa shape index (κ2) is 13.3. The predicted molar refractivity (Wildman–Crippen MR) is 102 cm³/mol. The summed E-state index contributed by atoms with van der Waals surface area (Å²) in [4.78, 5) is 7.09. The van der Waals surface area contributed by atoms with E-state index in [-0.39, 0.29) is 0 Å². The van der Waals surface area contributed by atoms with Gasteiger partial charge in [0.1, 0.15) is 0 Å². The molecule has 0 unspecified atom stereocenters. The first-order valence-electron chi connectivity index (χ1n) is 9.18. The topological polar surface area (TPSA) is 28.2 Å². The van der Waals surface area contributed by atoms with Crippen molar-refractivity contribution in [2.24, 2.45) is 0 Å². The van der Waals surface area contributed by atoms with Crippen LogP contribution in [0.1, 0.15) is 33.6 Å². The van der Waals surface area contributed by atoms with Crippen molar-refractivity contribution in [3.8, 4) is 0 Å². The Kier molecular flexibility index (Phi) is 13.3. The quantitative estimate of drug-likeness (QED) is 0.424. The molecule has 0 aromatic rings. The zero-order valence-corrected chi connectivity index (χ0v) is 17.7. The van der Waals surface area contributed by atoms with Crippen molar-refractivity contribution < 1.29 is 8.85 Å². The van der Waals surface area contributed by atoms with E-state index in [1.807, 2.05) is 0 Å². The molecule has 0 rings (SSSR count). The van der Waals surface area contributed by atoms with Gasteiger partial charge in [0.2, 0.25) is 0 Å². The maximum Gasteiger partial charge on any atom is 0.352 e. The van der Waals surface area contributed by atoms with Gasteiger partial charge in [-0.2, -0.15) is 0 Å². The lowest BCUT2D eigenvalue weighted by molar-refractivity contribution is 0.156. The molecule has 0 radical (unpaired) electrons. The van der Waals surface area contributed by atoms with Crippen LogP contribution in [0.2, 0.25) is 6.04 Å². The Morgan fingerprint density at radius 3 is 1.43 bits per heavy atom. The summed E-state index contributed by atoms with van der Waals surface area (Å²) < 4.78 is 12.3. The Morgan fingerprint density at radius 2 is 1.13 bits per heavy atom. The van der Waals surface area contributed by atoms with Crippen LogP contribution in [-0.4, -0.2) is 97.0 Å². The standard InChI is InChI=1S/C17H41N3O2Si/c1-8-21-23(10-3,22-9-2)17-20(15-11-13-18(4)5)16-12-14-19(6)7/h8-17H2,1-7H3. The average Bonchev–Trinajstić information content (AvgIpc) is 2.46. The Morgan fingerprint density at radius 1 is 0.696 bits per heavy atom. The molecule has 140 valence electrons. The normalized spacial score (nSPS) is 12.8. The SMILES string of the molecule is CCO[Si](CC)(CN(CCCN(C)C)CCCN(C)C)OCC. The van der Waals surface area contributed by atoms with E-state index in [4.69, 9.17) is 8.85 Å². The van der Waals surface area contributed by atoms with Crippen LogP contribution in [0.3, 0.4) is 0 Å². The summed E-state index contributed by atoms with van der Waals surface area (Å²) in [5, 5.41) is 0. The van der Waals surface area contributed by atoms with Gasteiger partial charge in [-0.15, -0.1) is 0 Å². The largest absolute Gasteiger partial charge is 0.394 e. The molecule has 0 amide bonds. The van der Waals surface area contributed by atoms with Crippen molar-refractivity contribution >= 4 is 8.56 Å².